The van der Waals surface area contributed by atoms with Crippen LogP contribution >= 0.6 is 0 Å². The predicted octanol–water partition coefficient (Wildman–Crippen LogP) is -1.77. The van der Waals surface area contributed by atoms with E-state index in [1.807, 2.05) is 0 Å². The average Bonchev–Trinajstić information content (AvgIpc) is 3.82. The molecule has 0 radical (unpaired) electrons. The van der Waals surface area contributed by atoms with E-state index >= 15 is 0 Å². The van der Waals surface area contributed by atoms with Crippen molar-refractivity contribution >= 4 is 5.97 Å². The molecule has 10 rings (SSSR count). The summed E-state index contributed by atoms with van der Waals surface area (Å²) in [7, 11) is 0. The standard InChI is InChI=1S/C52H82O22/c1-47(2)14-22-21-8-9-28-49(5)12-11-30(48(3,4)27(49)10-13-50(28,6)51(21,7)15-29(56)52(22)16-31(47)72-46(52)65)71-45-41(74-43-39(64)36(61)33(58)24(17-53)68-43)37(62)35(60)26(70-45)20-67-44-40(32(57)23(55)19-66-44)73-42-38(63)34(59)25(18-54)69-42/h8,22-45,53-64H,9-20H2,1-7H3. The molecule has 74 heavy (non-hydrogen) atoms. The number of esters is 1. The van der Waals surface area contributed by atoms with Gasteiger partial charge in [0, 0.05) is 11.8 Å². The number of fused-ring (bicyclic) bond motifs is 7. The molecule has 10 aliphatic rings. The van der Waals surface area contributed by atoms with Crippen LogP contribution in [0, 0.1) is 50.2 Å². The zero-order chi connectivity index (χ0) is 53.6. The molecule has 5 aliphatic carbocycles. The second kappa shape index (κ2) is 19.6. The number of ether oxygens (including phenoxy) is 9. The zero-order valence-electron chi connectivity index (χ0n) is 43.4. The van der Waals surface area contributed by atoms with E-state index in [-0.39, 0.29) is 46.1 Å². The number of carbonyl (C=O) groups is 1. The minimum atomic E-state index is -1.88. The molecule has 12 N–H and O–H groups in total. The van der Waals surface area contributed by atoms with Crippen molar-refractivity contribution in [2.24, 2.45) is 50.2 Å². The Bertz CT molecular complexity index is 2090. The third-order valence-electron chi connectivity index (χ3n) is 21.1. The Labute approximate surface area is 430 Å². The lowest BCUT2D eigenvalue weighted by Crippen LogP contribution is -2.68. The molecule has 5 saturated heterocycles. The Morgan fingerprint density at radius 3 is 1.86 bits per heavy atom. The van der Waals surface area contributed by atoms with Crippen molar-refractivity contribution in [2.75, 3.05) is 26.4 Å². The van der Waals surface area contributed by atoms with Gasteiger partial charge in [-0.3, -0.25) is 4.79 Å². The molecule has 0 aromatic rings. The van der Waals surface area contributed by atoms with E-state index in [4.69, 9.17) is 42.6 Å². The summed E-state index contributed by atoms with van der Waals surface area (Å²) in [6.07, 6.45) is -22.8. The van der Waals surface area contributed by atoms with Gasteiger partial charge in [0.15, 0.2) is 25.2 Å². The summed E-state index contributed by atoms with van der Waals surface area (Å²) >= 11 is 0. The summed E-state index contributed by atoms with van der Waals surface area (Å²) in [5, 5.41) is 130. The van der Waals surface area contributed by atoms with Crippen LogP contribution in [-0.2, 0) is 47.4 Å². The zero-order valence-corrected chi connectivity index (χ0v) is 43.4. The smallest absolute Gasteiger partial charge is 0.315 e. The first-order valence-corrected chi connectivity index (χ1v) is 26.8. The molecule has 9 fully saturated rings. The fourth-order valence-corrected chi connectivity index (χ4v) is 16.5. The summed E-state index contributed by atoms with van der Waals surface area (Å²) in [5.41, 5.74) is -1.34. The van der Waals surface area contributed by atoms with Gasteiger partial charge >= 0.3 is 5.97 Å². The highest BCUT2D eigenvalue weighted by molar-refractivity contribution is 5.82. The first-order valence-electron chi connectivity index (χ1n) is 26.8. The molecule has 22 nitrogen and oxygen atoms in total. The van der Waals surface area contributed by atoms with Crippen LogP contribution in [0.4, 0.5) is 0 Å². The molecule has 5 heterocycles. The van der Waals surface area contributed by atoms with Gasteiger partial charge in [-0.2, -0.15) is 0 Å². The lowest BCUT2D eigenvalue weighted by atomic mass is 9.33. The minimum absolute atomic E-state index is 0.0748. The van der Waals surface area contributed by atoms with Crippen LogP contribution in [0.3, 0.4) is 0 Å². The number of rotatable bonds is 11. The first-order chi connectivity index (χ1) is 34.7. The molecule has 28 unspecified atom stereocenters. The normalized spacial score (nSPS) is 55.6. The van der Waals surface area contributed by atoms with Crippen molar-refractivity contribution in [2.45, 2.75) is 229 Å². The number of aliphatic hydroxyl groups excluding tert-OH is 12. The van der Waals surface area contributed by atoms with E-state index in [2.05, 4.69) is 54.5 Å². The van der Waals surface area contributed by atoms with Gasteiger partial charge in [-0.1, -0.05) is 60.1 Å². The van der Waals surface area contributed by atoms with E-state index in [0.29, 0.717) is 19.3 Å². The number of allylic oxidation sites excluding steroid dienone is 2. The Morgan fingerprint density at radius 2 is 1.22 bits per heavy atom. The van der Waals surface area contributed by atoms with Gasteiger partial charge in [-0.05, 0) is 84.4 Å². The third kappa shape index (κ3) is 8.36. The Kier molecular flexibility index (Phi) is 14.8. The lowest BCUT2D eigenvalue weighted by Gasteiger charge is -2.71. The summed E-state index contributed by atoms with van der Waals surface area (Å²) in [6.45, 7) is 13.3. The highest BCUT2D eigenvalue weighted by Crippen LogP contribution is 2.77. The van der Waals surface area contributed by atoms with Gasteiger partial charge in [0.05, 0.1) is 38.6 Å². The monoisotopic (exact) mass is 1060 g/mol. The van der Waals surface area contributed by atoms with E-state index < -0.39 is 165 Å². The third-order valence-corrected chi connectivity index (χ3v) is 21.1. The van der Waals surface area contributed by atoms with E-state index in [9.17, 15) is 66.1 Å². The lowest BCUT2D eigenvalue weighted by molar-refractivity contribution is -0.382. The van der Waals surface area contributed by atoms with Gasteiger partial charge in [0.1, 0.15) is 97.0 Å². The molecule has 0 aromatic carbocycles. The van der Waals surface area contributed by atoms with Crippen molar-refractivity contribution in [3.63, 3.8) is 0 Å². The Morgan fingerprint density at radius 1 is 0.622 bits per heavy atom. The highest BCUT2D eigenvalue weighted by atomic mass is 16.8. The van der Waals surface area contributed by atoms with E-state index in [0.717, 1.165) is 32.1 Å². The first kappa shape index (κ1) is 55.7. The topological polar surface area (TPSA) is 343 Å². The van der Waals surface area contributed by atoms with E-state index in [1.54, 1.807) is 0 Å². The number of hydrogen-bond acceptors (Lipinski definition) is 22. The molecule has 422 valence electrons. The van der Waals surface area contributed by atoms with Crippen LogP contribution in [-0.4, -0.2) is 223 Å². The van der Waals surface area contributed by atoms with Crippen molar-refractivity contribution in [3.05, 3.63) is 11.6 Å². The summed E-state index contributed by atoms with van der Waals surface area (Å²) < 4.78 is 54.3. The quantitative estimate of drug-likeness (QED) is 0.0619. The van der Waals surface area contributed by atoms with Gasteiger partial charge in [0.25, 0.3) is 0 Å². The van der Waals surface area contributed by atoms with Crippen molar-refractivity contribution < 1.29 is 109 Å². The van der Waals surface area contributed by atoms with Crippen LogP contribution in [0.25, 0.3) is 0 Å². The van der Waals surface area contributed by atoms with Crippen molar-refractivity contribution in [3.8, 4) is 0 Å². The second-order valence-corrected chi connectivity index (χ2v) is 25.6. The summed E-state index contributed by atoms with van der Waals surface area (Å²) in [6, 6.07) is 0. The van der Waals surface area contributed by atoms with Gasteiger partial charge in [0.2, 0.25) is 0 Å². The van der Waals surface area contributed by atoms with Crippen molar-refractivity contribution in [1.29, 1.82) is 0 Å². The Balaban J connectivity index is 0.903. The van der Waals surface area contributed by atoms with Crippen LogP contribution < -0.4 is 0 Å². The fraction of sp³-hybridized carbons (Fsp3) is 0.942. The number of carbonyl (C=O) groups excluding carboxylic acids is 1. The predicted molar refractivity (Wildman–Crippen MR) is 250 cm³/mol. The summed E-state index contributed by atoms with van der Waals surface area (Å²) in [5.74, 6) is -0.131. The van der Waals surface area contributed by atoms with Gasteiger partial charge < -0.3 is 104 Å². The molecule has 1 spiro atoms. The molecule has 4 saturated carbocycles. The van der Waals surface area contributed by atoms with E-state index in [1.165, 1.54) is 5.57 Å². The molecule has 2 bridgehead atoms. The maximum Gasteiger partial charge on any atom is 0.315 e. The molecule has 0 aromatic heterocycles. The molecule has 5 aliphatic heterocycles. The number of hydrogen-bond donors (Lipinski definition) is 12. The molecular formula is C52H82O22. The summed E-state index contributed by atoms with van der Waals surface area (Å²) in [4.78, 5) is 13.8. The number of aliphatic hydroxyl groups is 12. The second-order valence-electron chi connectivity index (χ2n) is 25.6. The fourth-order valence-electron chi connectivity index (χ4n) is 16.5. The van der Waals surface area contributed by atoms with Crippen LogP contribution in [0.5, 0.6) is 0 Å². The van der Waals surface area contributed by atoms with Gasteiger partial charge in [-0.15, -0.1) is 0 Å². The van der Waals surface area contributed by atoms with Crippen LogP contribution in [0.15, 0.2) is 11.6 Å². The minimum Gasteiger partial charge on any atom is -0.461 e. The molecule has 0 amide bonds. The average molecular weight is 1060 g/mol. The molecule has 22 heteroatoms. The largest absolute Gasteiger partial charge is 0.461 e. The Hall–Kier alpha value is -1.59. The maximum atomic E-state index is 13.8. The van der Waals surface area contributed by atoms with Gasteiger partial charge in [-0.25, -0.2) is 0 Å². The maximum absolute atomic E-state index is 13.8. The van der Waals surface area contributed by atoms with Crippen LogP contribution in [0.1, 0.15) is 99.8 Å². The molecule has 28 atom stereocenters. The highest BCUT2D eigenvalue weighted by Gasteiger charge is 2.75. The molecular weight excluding hydrogens is 977 g/mol. The van der Waals surface area contributed by atoms with Crippen LogP contribution in [0.2, 0.25) is 0 Å². The van der Waals surface area contributed by atoms with Crippen molar-refractivity contribution in [1.82, 2.24) is 0 Å². The SMILES string of the molecule is CC1(C)CC2C3=CCC4C5(C)CCC(OC6OC(COC7OCC(O)C(O)C7OC7OC(CO)C(O)C7O)C(O)C(O)C6OC6OC(CO)C(O)C(O)C6O)C(C)(C)C5CCC4(C)C3(C)CC(O)C23CC1OC3=O.